The Kier molecular flexibility index (Phi) is 6.35. The van der Waals surface area contributed by atoms with Crippen LogP contribution in [0.1, 0.15) is 19.4 Å². The van der Waals surface area contributed by atoms with Crippen molar-refractivity contribution in [3.8, 4) is 0 Å². The van der Waals surface area contributed by atoms with Crippen molar-refractivity contribution in [2.75, 3.05) is 6.61 Å². The van der Waals surface area contributed by atoms with Crippen molar-refractivity contribution < 1.29 is 9.53 Å². The fourth-order valence-corrected chi connectivity index (χ4v) is 3.24. The summed E-state index contributed by atoms with van der Waals surface area (Å²) < 4.78 is 5.65. The molecule has 0 aliphatic carbocycles. The standard InChI is InChI=1S/C13H15ClO2Se/c1-3-16-13(15)12(17-4-2)11(14)10-8-6-5-7-9-10/h5-9H,3-4H2,1-2H3/b12-11+. The van der Waals surface area contributed by atoms with Gasteiger partial charge in [-0.1, -0.05) is 0 Å². The predicted molar refractivity (Wildman–Crippen MR) is 72.1 cm³/mol. The fourth-order valence-electron chi connectivity index (χ4n) is 1.27. The molecule has 0 heterocycles. The molecule has 0 saturated heterocycles. The van der Waals surface area contributed by atoms with Crippen LogP contribution < -0.4 is 0 Å². The van der Waals surface area contributed by atoms with Gasteiger partial charge in [-0.25, -0.2) is 0 Å². The van der Waals surface area contributed by atoms with Crippen molar-refractivity contribution in [1.29, 1.82) is 0 Å². The third kappa shape index (κ3) is 4.19. The van der Waals surface area contributed by atoms with Crippen molar-refractivity contribution in [2.24, 2.45) is 0 Å². The number of benzene rings is 1. The minimum absolute atomic E-state index is 0.0547. The molecule has 0 unspecified atom stereocenters. The van der Waals surface area contributed by atoms with Crippen LogP contribution in [0.5, 0.6) is 0 Å². The van der Waals surface area contributed by atoms with Crippen molar-refractivity contribution in [3.63, 3.8) is 0 Å². The van der Waals surface area contributed by atoms with Crippen LogP contribution in [-0.2, 0) is 9.53 Å². The third-order valence-corrected chi connectivity index (χ3v) is 4.63. The molecule has 4 heteroatoms. The van der Waals surface area contributed by atoms with Gasteiger partial charge in [-0.2, -0.15) is 0 Å². The van der Waals surface area contributed by atoms with Gasteiger partial charge in [0.15, 0.2) is 0 Å². The third-order valence-electron chi connectivity index (χ3n) is 1.98. The van der Waals surface area contributed by atoms with Crippen molar-refractivity contribution >= 4 is 37.6 Å². The van der Waals surface area contributed by atoms with Crippen molar-refractivity contribution in [2.45, 2.75) is 19.2 Å². The molecule has 0 fully saturated rings. The van der Waals surface area contributed by atoms with E-state index in [1.807, 2.05) is 37.3 Å². The molecular formula is C13H15ClO2Se. The van der Waals surface area contributed by atoms with Gasteiger partial charge in [0.05, 0.1) is 0 Å². The van der Waals surface area contributed by atoms with Crippen LogP contribution in [0.3, 0.4) is 0 Å². The van der Waals surface area contributed by atoms with Crippen LogP contribution in [0.15, 0.2) is 34.8 Å². The van der Waals surface area contributed by atoms with Gasteiger partial charge in [0.2, 0.25) is 0 Å². The van der Waals surface area contributed by atoms with Gasteiger partial charge < -0.3 is 0 Å². The summed E-state index contributed by atoms with van der Waals surface area (Å²) in [6.07, 6.45) is 0. The molecule has 17 heavy (non-hydrogen) atoms. The first-order chi connectivity index (χ1) is 8.20. The second-order valence-corrected chi connectivity index (χ2v) is 6.21. The van der Waals surface area contributed by atoms with Gasteiger partial charge in [0.1, 0.15) is 0 Å². The summed E-state index contributed by atoms with van der Waals surface area (Å²) >= 11 is 6.33. The fraction of sp³-hybridized carbons (Fsp3) is 0.308. The number of esters is 1. The molecule has 0 atom stereocenters. The van der Waals surface area contributed by atoms with E-state index in [1.54, 1.807) is 6.92 Å². The zero-order valence-electron chi connectivity index (χ0n) is 9.90. The first kappa shape index (κ1) is 14.3. The van der Waals surface area contributed by atoms with Gasteiger partial charge in [0.25, 0.3) is 0 Å². The van der Waals surface area contributed by atoms with Crippen LogP contribution in [0.25, 0.3) is 5.03 Å². The van der Waals surface area contributed by atoms with Crippen LogP contribution >= 0.6 is 11.6 Å². The number of hydrogen-bond donors (Lipinski definition) is 0. The minimum atomic E-state index is -0.289. The molecule has 0 aromatic heterocycles. The monoisotopic (exact) mass is 318 g/mol. The number of carbonyl (C=O) groups is 1. The van der Waals surface area contributed by atoms with E-state index in [2.05, 4.69) is 0 Å². The molecular weight excluding hydrogens is 303 g/mol. The van der Waals surface area contributed by atoms with Crippen LogP contribution in [-0.4, -0.2) is 27.5 Å². The predicted octanol–water partition coefficient (Wildman–Crippen LogP) is 3.30. The van der Waals surface area contributed by atoms with Crippen molar-refractivity contribution in [1.82, 2.24) is 0 Å². The summed E-state index contributed by atoms with van der Waals surface area (Å²) in [4.78, 5) is 11.8. The number of rotatable bonds is 5. The van der Waals surface area contributed by atoms with Crippen LogP contribution in [0.2, 0.25) is 5.32 Å². The van der Waals surface area contributed by atoms with E-state index in [0.29, 0.717) is 16.1 Å². The molecule has 0 N–H and O–H groups in total. The summed E-state index contributed by atoms with van der Waals surface area (Å²) in [7, 11) is 0. The van der Waals surface area contributed by atoms with E-state index >= 15 is 0 Å². The number of carbonyl (C=O) groups excluding carboxylic acids is 1. The second kappa shape index (κ2) is 7.54. The number of hydrogen-bond acceptors (Lipinski definition) is 2. The summed E-state index contributed by atoms with van der Waals surface area (Å²) in [6.45, 7) is 4.21. The molecule has 0 aliphatic heterocycles. The van der Waals surface area contributed by atoms with E-state index in [0.717, 1.165) is 10.9 Å². The quantitative estimate of drug-likeness (QED) is 0.473. The Labute approximate surface area is 113 Å². The van der Waals surface area contributed by atoms with E-state index in [-0.39, 0.29) is 20.9 Å². The molecule has 0 radical (unpaired) electrons. The topological polar surface area (TPSA) is 26.3 Å². The summed E-state index contributed by atoms with van der Waals surface area (Å²) in [6, 6.07) is 9.52. The second-order valence-electron chi connectivity index (χ2n) is 3.16. The maximum atomic E-state index is 11.8. The summed E-state index contributed by atoms with van der Waals surface area (Å²) in [5, 5.41) is 1.44. The average Bonchev–Trinajstić information content (AvgIpc) is 2.36. The van der Waals surface area contributed by atoms with Crippen molar-refractivity contribution in [3.05, 3.63) is 40.4 Å². The summed E-state index contributed by atoms with van der Waals surface area (Å²) in [5.74, 6) is -0.289. The maximum absolute atomic E-state index is 11.8. The molecule has 0 aliphatic rings. The van der Waals surface area contributed by atoms with Gasteiger partial charge in [-0.3, -0.25) is 0 Å². The molecule has 2 nitrogen and oxygen atoms in total. The van der Waals surface area contributed by atoms with Gasteiger partial charge in [-0.15, -0.1) is 0 Å². The molecule has 0 spiro atoms. The molecule has 0 bridgehead atoms. The van der Waals surface area contributed by atoms with E-state index in [9.17, 15) is 4.79 Å². The Balaban J connectivity index is 3.06. The van der Waals surface area contributed by atoms with E-state index in [1.165, 1.54) is 0 Å². The normalized spacial score (nSPS) is 11.9. The molecule has 1 aromatic carbocycles. The Hall–Kier alpha value is -0.761. The van der Waals surface area contributed by atoms with Crippen LogP contribution in [0, 0.1) is 0 Å². The van der Waals surface area contributed by atoms with E-state index < -0.39 is 0 Å². The Morgan fingerprint density at radius 1 is 1.29 bits per heavy atom. The van der Waals surface area contributed by atoms with Gasteiger partial charge >= 0.3 is 113 Å². The average molecular weight is 318 g/mol. The SMILES string of the molecule is CCOC(=O)/C([Se]CC)=C(\Cl)c1ccccc1. The molecule has 1 aromatic rings. The molecule has 0 saturated carbocycles. The van der Waals surface area contributed by atoms with Gasteiger partial charge in [-0.05, 0) is 0 Å². The molecule has 1 rings (SSSR count). The van der Waals surface area contributed by atoms with Gasteiger partial charge in [0, 0.05) is 0 Å². The Morgan fingerprint density at radius 2 is 1.94 bits per heavy atom. The Morgan fingerprint density at radius 3 is 2.47 bits per heavy atom. The number of halogens is 1. The van der Waals surface area contributed by atoms with Crippen LogP contribution in [0.4, 0.5) is 0 Å². The first-order valence-corrected chi connectivity index (χ1v) is 7.90. The molecule has 92 valence electrons. The first-order valence-electron chi connectivity index (χ1n) is 5.45. The zero-order valence-corrected chi connectivity index (χ0v) is 12.4. The Bertz CT molecular complexity index is 401. The number of ether oxygens (including phenoxy) is 1. The zero-order chi connectivity index (χ0) is 12.7. The van der Waals surface area contributed by atoms with E-state index in [4.69, 9.17) is 16.3 Å². The molecule has 0 amide bonds. The summed E-state index contributed by atoms with van der Waals surface area (Å²) in [5.41, 5.74) is 0.868.